The van der Waals surface area contributed by atoms with E-state index in [4.69, 9.17) is 0 Å². The van der Waals surface area contributed by atoms with Gasteiger partial charge >= 0.3 is 6.03 Å². The van der Waals surface area contributed by atoms with Crippen LogP contribution in [-0.2, 0) is 16.0 Å². The zero-order valence-corrected chi connectivity index (χ0v) is 17.3. The maximum Gasteiger partial charge on any atom is 0.333 e. The van der Waals surface area contributed by atoms with E-state index in [0.29, 0.717) is 18.7 Å². The van der Waals surface area contributed by atoms with Gasteiger partial charge in [0.25, 0.3) is 0 Å². The van der Waals surface area contributed by atoms with E-state index in [2.05, 4.69) is 9.98 Å². The highest BCUT2D eigenvalue weighted by Gasteiger charge is 2.44. The number of unbranched alkanes of at least 4 members (excludes halogenated alkanes) is 1. The second-order valence-corrected chi connectivity index (χ2v) is 7.24. The van der Waals surface area contributed by atoms with Crippen molar-refractivity contribution in [1.82, 2.24) is 14.8 Å². The van der Waals surface area contributed by atoms with Crippen molar-refractivity contribution in [2.75, 3.05) is 13.1 Å². The van der Waals surface area contributed by atoms with Gasteiger partial charge in [-0.15, -0.1) is 0 Å². The van der Waals surface area contributed by atoms with E-state index in [1.165, 1.54) is 16.0 Å². The van der Waals surface area contributed by atoms with E-state index in [9.17, 15) is 14.4 Å². The summed E-state index contributed by atoms with van der Waals surface area (Å²) in [6.45, 7) is 4.33. The van der Waals surface area contributed by atoms with Crippen LogP contribution in [0.25, 0.3) is 0 Å². The van der Waals surface area contributed by atoms with E-state index in [1.54, 1.807) is 6.07 Å². The first-order valence-electron chi connectivity index (χ1n) is 10.2. The molecule has 0 saturated carbocycles. The lowest BCUT2D eigenvalue weighted by atomic mass is 10.0. The lowest BCUT2D eigenvalue weighted by Crippen LogP contribution is -2.60. The molecule has 1 aliphatic heterocycles. The van der Waals surface area contributed by atoms with Gasteiger partial charge in [0.15, 0.2) is 11.7 Å². The van der Waals surface area contributed by atoms with Gasteiger partial charge in [-0.3, -0.25) is 19.4 Å². The van der Waals surface area contributed by atoms with Crippen LogP contribution in [0.15, 0.2) is 53.5 Å². The molecule has 0 N–H and O–H groups in total. The predicted molar refractivity (Wildman–Crippen MR) is 114 cm³/mol. The van der Waals surface area contributed by atoms with Gasteiger partial charge in [-0.25, -0.2) is 14.8 Å². The van der Waals surface area contributed by atoms with Crippen LogP contribution in [-0.4, -0.2) is 51.9 Å². The van der Waals surface area contributed by atoms with Crippen LogP contribution in [0.3, 0.4) is 0 Å². The Morgan fingerprint density at radius 3 is 2.33 bits per heavy atom. The quantitative estimate of drug-likeness (QED) is 0.496. The third kappa shape index (κ3) is 4.97. The molecular formula is C23H26N4O3. The maximum atomic E-state index is 13.0. The molecule has 156 valence electrons. The molecule has 7 nitrogen and oxygen atoms in total. The number of pyridine rings is 1. The Bertz CT molecular complexity index is 942. The molecule has 1 aromatic heterocycles. The number of carbonyl (C=O) groups excluding carboxylic acids is 3. The van der Waals surface area contributed by atoms with Crippen molar-refractivity contribution in [3.05, 3.63) is 59.8 Å². The summed E-state index contributed by atoms with van der Waals surface area (Å²) in [5.74, 6) is -1.77. The molecule has 0 radical (unpaired) electrons. The Balaban J connectivity index is 1.83. The molecule has 1 aromatic carbocycles. The van der Waals surface area contributed by atoms with Crippen molar-refractivity contribution >= 4 is 29.9 Å². The van der Waals surface area contributed by atoms with Crippen molar-refractivity contribution in [2.45, 2.75) is 33.1 Å². The summed E-state index contributed by atoms with van der Waals surface area (Å²) in [7, 11) is 0. The summed E-state index contributed by atoms with van der Waals surface area (Å²) >= 11 is 0. The highest BCUT2D eigenvalue weighted by atomic mass is 16.2. The summed E-state index contributed by atoms with van der Waals surface area (Å²) < 4.78 is 0. The molecule has 1 aliphatic rings. The summed E-state index contributed by atoms with van der Waals surface area (Å²) in [5.41, 5.74) is 1.81. The van der Waals surface area contributed by atoms with E-state index < -0.39 is 23.8 Å². The third-order valence-corrected chi connectivity index (χ3v) is 4.96. The average molecular weight is 406 g/mol. The highest BCUT2D eigenvalue weighted by Crippen LogP contribution is 2.20. The Hall–Kier alpha value is -3.35. The van der Waals surface area contributed by atoms with Gasteiger partial charge in [0.05, 0.1) is 0 Å². The number of barbiturate groups is 1. The Kier molecular flexibility index (Phi) is 7.06. The van der Waals surface area contributed by atoms with Gasteiger partial charge in [0.2, 0.25) is 11.8 Å². The smallest absolute Gasteiger partial charge is 0.273 e. The summed E-state index contributed by atoms with van der Waals surface area (Å²) in [6, 6.07) is 14.4. The number of aryl methyl sites for hydroxylation is 1. The minimum Gasteiger partial charge on any atom is -0.273 e. The molecule has 7 heteroatoms. The molecule has 0 spiro atoms. The molecular weight excluding hydrogens is 380 g/mol. The molecule has 3 rings (SSSR count). The lowest BCUT2D eigenvalue weighted by molar-refractivity contribution is -0.145. The van der Waals surface area contributed by atoms with E-state index in [-0.39, 0.29) is 13.1 Å². The number of imide groups is 2. The largest absolute Gasteiger partial charge is 0.333 e. The van der Waals surface area contributed by atoms with Gasteiger partial charge in [0.1, 0.15) is 0 Å². The van der Waals surface area contributed by atoms with Gasteiger partial charge in [-0.1, -0.05) is 49.7 Å². The highest BCUT2D eigenvalue weighted by molar-refractivity contribution is 6.23. The first-order chi connectivity index (χ1) is 14.5. The van der Waals surface area contributed by atoms with Crippen LogP contribution in [0.5, 0.6) is 0 Å². The molecule has 1 unspecified atom stereocenters. The van der Waals surface area contributed by atoms with Crippen molar-refractivity contribution < 1.29 is 14.4 Å². The molecule has 2 aromatic rings. The molecule has 0 bridgehead atoms. The molecule has 4 amide bonds. The van der Waals surface area contributed by atoms with E-state index in [0.717, 1.165) is 17.7 Å². The average Bonchev–Trinajstić information content (AvgIpc) is 2.74. The van der Waals surface area contributed by atoms with Crippen molar-refractivity contribution in [2.24, 2.45) is 10.9 Å². The first kappa shape index (κ1) is 21.4. The van der Waals surface area contributed by atoms with Crippen molar-refractivity contribution in [3.8, 4) is 0 Å². The molecule has 1 fully saturated rings. The third-order valence-electron chi connectivity index (χ3n) is 4.96. The van der Waals surface area contributed by atoms with Crippen LogP contribution in [0, 0.1) is 12.8 Å². The fourth-order valence-corrected chi connectivity index (χ4v) is 3.27. The number of amides is 4. The number of rotatable bonds is 8. The van der Waals surface area contributed by atoms with Crippen molar-refractivity contribution in [3.63, 3.8) is 0 Å². The van der Waals surface area contributed by atoms with Gasteiger partial charge < -0.3 is 0 Å². The zero-order valence-electron chi connectivity index (χ0n) is 17.3. The Morgan fingerprint density at radius 1 is 0.967 bits per heavy atom. The Morgan fingerprint density at radius 2 is 1.67 bits per heavy atom. The van der Waals surface area contributed by atoms with Crippen LogP contribution >= 0.6 is 0 Å². The van der Waals surface area contributed by atoms with Crippen molar-refractivity contribution in [1.29, 1.82) is 0 Å². The molecule has 0 aliphatic carbocycles. The second kappa shape index (κ2) is 9.91. The van der Waals surface area contributed by atoms with Crippen LogP contribution in [0.2, 0.25) is 0 Å². The number of aliphatic imine (C=N–C) groups is 1. The Labute approximate surface area is 176 Å². The summed E-state index contributed by atoms with van der Waals surface area (Å²) in [6.07, 6.45) is 3.35. The lowest BCUT2D eigenvalue weighted by Gasteiger charge is -2.35. The molecule has 30 heavy (non-hydrogen) atoms. The maximum absolute atomic E-state index is 13.0. The molecule has 2 heterocycles. The summed E-state index contributed by atoms with van der Waals surface area (Å²) in [4.78, 5) is 49.7. The number of aromatic nitrogens is 1. The fraction of sp³-hybridized carbons (Fsp3) is 0.348. The van der Waals surface area contributed by atoms with E-state index >= 15 is 0 Å². The number of nitrogens with zero attached hydrogens (tertiary/aromatic N) is 4. The van der Waals surface area contributed by atoms with Gasteiger partial charge in [-0.2, -0.15) is 0 Å². The first-order valence-corrected chi connectivity index (χ1v) is 10.2. The van der Waals surface area contributed by atoms with Crippen LogP contribution in [0.4, 0.5) is 10.6 Å². The number of benzene rings is 1. The predicted octanol–water partition coefficient (Wildman–Crippen LogP) is 3.54. The number of hydrogen-bond donors (Lipinski definition) is 0. The monoisotopic (exact) mass is 406 g/mol. The minimum absolute atomic E-state index is 0.213. The second-order valence-electron chi connectivity index (χ2n) is 7.24. The number of hydrogen-bond acceptors (Lipinski definition) is 5. The number of urea groups is 1. The molecule has 1 saturated heterocycles. The van der Waals surface area contributed by atoms with Crippen LogP contribution in [0.1, 0.15) is 31.0 Å². The normalized spacial score (nSPS) is 17.3. The fourth-order valence-electron chi connectivity index (χ4n) is 3.27. The zero-order chi connectivity index (χ0) is 21.5. The molecule has 1 atom stereocenters. The minimum atomic E-state index is -1.13. The van der Waals surface area contributed by atoms with Gasteiger partial charge in [0, 0.05) is 25.0 Å². The van der Waals surface area contributed by atoms with E-state index in [1.807, 2.05) is 56.3 Å². The van der Waals surface area contributed by atoms with Gasteiger partial charge in [-0.05, 0) is 37.5 Å². The number of carbonyl (C=O) groups is 3. The topological polar surface area (TPSA) is 82.9 Å². The SMILES string of the molecule is CCCCN1C(=O)C(C=Nc2cccc(C)n2)C(=O)N(CCc2ccccc2)C1=O. The van der Waals surface area contributed by atoms with Crippen LogP contribution < -0.4 is 0 Å². The standard InChI is InChI=1S/C23H26N4O3/c1-3-4-14-26-21(28)19(16-24-20-12-8-9-17(2)25-20)22(29)27(23(26)30)15-13-18-10-6-5-7-11-18/h5-12,16,19H,3-4,13-15H2,1-2H3. The summed E-state index contributed by atoms with van der Waals surface area (Å²) in [5, 5.41) is 0.